The van der Waals surface area contributed by atoms with E-state index in [1.54, 1.807) is 13.3 Å². The van der Waals surface area contributed by atoms with E-state index in [0.717, 1.165) is 22.6 Å². The first-order valence-electron chi connectivity index (χ1n) is 9.47. The van der Waals surface area contributed by atoms with Gasteiger partial charge in [0, 0.05) is 24.6 Å². The zero-order chi connectivity index (χ0) is 20.6. The van der Waals surface area contributed by atoms with Gasteiger partial charge in [-0.05, 0) is 55.6 Å². The van der Waals surface area contributed by atoms with E-state index in [-0.39, 0.29) is 12.1 Å². The molecular weight excluding hydrogens is 366 g/mol. The molecule has 0 aliphatic rings. The molecule has 3 aromatic rings. The van der Waals surface area contributed by atoms with Crippen LogP contribution < -0.4 is 15.4 Å². The quantitative estimate of drug-likeness (QED) is 0.616. The summed E-state index contributed by atoms with van der Waals surface area (Å²) in [6.07, 6.45) is 3.68. The van der Waals surface area contributed by atoms with Gasteiger partial charge in [0.25, 0.3) is 0 Å². The number of methoxy groups -OCH3 is 1. The van der Waals surface area contributed by atoms with Gasteiger partial charge in [0.1, 0.15) is 5.75 Å². The smallest absolute Gasteiger partial charge is 0.319 e. The maximum atomic E-state index is 12.3. The van der Waals surface area contributed by atoms with Crippen LogP contribution in [-0.4, -0.2) is 48.5 Å². The van der Waals surface area contributed by atoms with Crippen LogP contribution in [0.15, 0.2) is 67.0 Å². The lowest BCUT2D eigenvalue weighted by Crippen LogP contribution is -2.36. The number of nitrogens with zero attached hydrogens (tertiary/aromatic N) is 3. The van der Waals surface area contributed by atoms with Crippen LogP contribution in [0.2, 0.25) is 0 Å². The highest BCUT2D eigenvalue weighted by molar-refractivity contribution is 5.89. The van der Waals surface area contributed by atoms with Crippen LogP contribution in [0.25, 0.3) is 0 Å². The molecule has 3 rings (SSSR count). The molecule has 1 atom stereocenters. The summed E-state index contributed by atoms with van der Waals surface area (Å²) in [5.41, 5.74) is 2.98. The summed E-state index contributed by atoms with van der Waals surface area (Å²) < 4.78 is 7.07. The van der Waals surface area contributed by atoms with Gasteiger partial charge in [-0.15, -0.1) is 0 Å². The Bertz CT molecular complexity index is 890. The summed E-state index contributed by atoms with van der Waals surface area (Å²) in [4.78, 5) is 14.4. The SMILES string of the molecule is COc1ccc(C(CNC(=O)Nc2ccc(Cn3cccn3)cc2)N(C)C)cc1. The van der Waals surface area contributed by atoms with Crippen LogP contribution in [-0.2, 0) is 6.54 Å². The van der Waals surface area contributed by atoms with Crippen molar-refractivity contribution in [2.75, 3.05) is 33.1 Å². The average Bonchev–Trinajstić information content (AvgIpc) is 3.23. The van der Waals surface area contributed by atoms with E-state index in [1.165, 1.54) is 0 Å². The van der Waals surface area contributed by atoms with Crippen molar-refractivity contribution in [2.24, 2.45) is 0 Å². The molecule has 7 nitrogen and oxygen atoms in total. The first kappa shape index (κ1) is 20.4. The molecule has 1 aromatic heterocycles. The van der Waals surface area contributed by atoms with Crippen molar-refractivity contribution in [2.45, 2.75) is 12.6 Å². The Kier molecular flexibility index (Phi) is 6.86. The molecule has 2 N–H and O–H groups in total. The van der Waals surface area contributed by atoms with Gasteiger partial charge >= 0.3 is 6.03 Å². The van der Waals surface area contributed by atoms with Crippen molar-refractivity contribution in [1.29, 1.82) is 0 Å². The summed E-state index contributed by atoms with van der Waals surface area (Å²) in [5, 5.41) is 10.0. The molecule has 7 heteroatoms. The van der Waals surface area contributed by atoms with Crippen molar-refractivity contribution in [3.8, 4) is 5.75 Å². The van der Waals surface area contributed by atoms with E-state index in [0.29, 0.717) is 13.1 Å². The largest absolute Gasteiger partial charge is 0.497 e. The van der Waals surface area contributed by atoms with Gasteiger partial charge in [-0.2, -0.15) is 5.10 Å². The molecule has 1 unspecified atom stereocenters. The molecule has 152 valence electrons. The Labute approximate surface area is 171 Å². The number of anilines is 1. The number of urea groups is 1. The molecule has 0 spiro atoms. The Hall–Kier alpha value is -3.32. The molecule has 2 amide bonds. The fourth-order valence-electron chi connectivity index (χ4n) is 3.06. The van der Waals surface area contributed by atoms with Crippen molar-refractivity contribution in [3.63, 3.8) is 0 Å². The molecule has 0 saturated heterocycles. The third kappa shape index (κ3) is 5.83. The van der Waals surface area contributed by atoms with Crippen molar-refractivity contribution < 1.29 is 9.53 Å². The second-order valence-electron chi connectivity index (χ2n) is 6.99. The maximum absolute atomic E-state index is 12.3. The number of ether oxygens (including phenoxy) is 1. The highest BCUT2D eigenvalue weighted by Gasteiger charge is 2.15. The normalized spacial score (nSPS) is 11.9. The van der Waals surface area contributed by atoms with Crippen LogP contribution in [0.5, 0.6) is 5.75 Å². The van der Waals surface area contributed by atoms with Crippen LogP contribution in [0.1, 0.15) is 17.2 Å². The number of nitrogens with one attached hydrogen (secondary N) is 2. The van der Waals surface area contributed by atoms with E-state index >= 15 is 0 Å². The Morgan fingerprint density at radius 2 is 1.86 bits per heavy atom. The minimum atomic E-state index is -0.231. The number of carbonyl (C=O) groups is 1. The highest BCUT2D eigenvalue weighted by atomic mass is 16.5. The van der Waals surface area contributed by atoms with Gasteiger partial charge in [0.05, 0.1) is 19.7 Å². The molecule has 0 bridgehead atoms. The lowest BCUT2D eigenvalue weighted by molar-refractivity contribution is 0.243. The molecule has 29 heavy (non-hydrogen) atoms. The molecule has 0 fully saturated rings. The molecule has 1 heterocycles. The Balaban J connectivity index is 1.53. The number of likely N-dealkylation sites (N-methyl/N-ethyl adjacent to an activating group) is 1. The average molecular weight is 393 g/mol. The minimum absolute atomic E-state index is 0.0584. The van der Waals surface area contributed by atoms with Crippen LogP contribution in [0.4, 0.5) is 10.5 Å². The number of hydrogen-bond donors (Lipinski definition) is 2. The van der Waals surface area contributed by atoms with Gasteiger partial charge < -0.3 is 20.3 Å². The van der Waals surface area contributed by atoms with E-state index in [9.17, 15) is 4.79 Å². The molecule has 0 saturated carbocycles. The zero-order valence-corrected chi connectivity index (χ0v) is 17.0. The number of carbonyl (C=O) groups excluding carboxylic acids is 1. The van der Waals surface area contributed by atoms with Gasteiger partial charge in [-0.3, -0.25) is 4.68 Å². The van der Waals surface area contributed by atoms with Gasteiger partial charge in [0.2, 0.25) is 0 Å². The third-order valence-corrected chi connectivity index (χ3v) is 4.70. The monoisotopic (exact) mass is 393 g/mol. The van der Waals surface area contributed by atoms with Crippen molar-refractivity contribution >= 4 is 11.7 Å². The summed E-state index contributed by atoms with van der Waals surface area (Å²) in [5.74, 6) is 0.813. The summed E-state index contributed by atoms with van der Waals surface area (Å²) >= 11 is 0. The summed E-state index contributed by atoms with van der Waals surface area (Å²) in [6.45, 7) is 1.19. The Morgan fingerprint density at radius 3 is 2.45 bits per heavy atom. The van der Waals surface area contributed by atoms with Crippen molar-refractivity contribution in [3.05, 3.63) is 78.1 Å². The summed E-state index contributed by atoms with van der Waals surface area (Å²) in [6, 6.07) is 17.4. The van der Waals surface area contributed by atoms with Crippen molar-refractivity contribution in [1.82, 2.24) is 20.0 Å². The third-order valence-electron chi connectivity index (χ3n) is 4.70. The predicted molar refractivity (Wildman–Crippen MR) is 114 cm³/mol. The van der Waals surface area contributed by atoms with Crippen LogP contribution >= 0.6 is 0 Å². The molecule has 0 radical (unpaired) electrons. The van der Waals surface area contributed by atoms with Gasteiger partial charge in [-0.1, -0.05) is 24.3 Å². The van der Waals surface area contributed by atoms with Gasteiger partial charge in [0.15, 0.2) is 0 Å². The predicted octanol–water partition coefficient (Wildman–Crippen LogP) is 3.36. The summed E-state index contributed by atoms with van der Waals surface area (Å²) in [7, 11) is 5.63. The van der Waals surface area contributed by atoms with Crippen LogP contribution in [0, 0.1) is 0 Å². The fraction of sp³-hybridized carbons (Fsp3) is 0.273. The second kappa shape index (κ2) is 9.75. The molecule has 2 aromatic carbocycles. The first-order valence-corrected chi connectivity index (χ1v) is 9.47. The topological polar surface area (TPSA) is 71.4 Å². The van der Waals surface area contributed by atoms with Crippen LogP contribution in [0.3, 0.4) is 0 Å². The van der Waals surface area contributed by atoms with Gasteiger partial charge in [-0.25, -0.2) is 4.79 Å². The number of rotatable bonds is 8. The standard InChI is InChI=1S/C22H27N5O2/c1-26(2)21(18-7-11-20(29-3)12-8-18)15-23-22(28)25-19-9-5-17(6-10-19)16-27-14-4-13-24-27/h4-14,21H,15-16H2,1-3H3,(H2,23,25,28). The second-order valence-corrected chi connectivity index (χ2v) is 6.99. The Morgan fingerprint density at radius 1 is 1.14 bits per heavy atom. The van der Waals surface area contributed by atoms with E-state index < -0.39 is 0 Å². The lowest BCUT2D eigenvalue weighted by Gasteiger charge is -2.25. The van der Waals surface area contributed by atoms with E-state index in [2.05, 4.69) is 20.6 Å². The molecule has 0 aliphatic heterocycles. The molecular formula is C22H27N5O2. The number of aromatic nitrogens is 2. The van der Waals surface area contributed by atoms with E-state index in [1.807, 2.05) is 79.6 Å². The minimum Gasteiger partial charge on any atom is -0.497 e. The number of benzene rings is 2. The fourth-order valence-corrected chi connectivity index (χ4v) is 3.06. The lowest BCUT2D eigenvalue weighted by atomic mass is 10.1. The number of hydrogen-bond acceptors (Lipinski definition) is 4. The molecule has 0 aliphatic carbocycles. The maximum Gasteiger partial charge on any atom is 0.319 e. The number of amides is 2. The zero-order valence-electron chi connectivity index (χ0n) is 17.0. The van der Waals surface area contributed by atoms with E-state index in [4.69, 9.17) is 4.74 Å². The highest BCUT2D eigenvalue weighted by Crippen LogP contribution is 2.20. The first-order chi connectivity index (χ1) is 14.0.